The van der Waals surface area contributed by atoms with Gasteiger partial charge in [0.25, 0.3) is 0 Å². The molecule has 0 aromatic heterocycles. The monoisotopic (exact) mass is 113 g/mol. The lowest BCUT2D eigenvalue weighted by molar-refractivity contribution is 2.08. The highest BCUT2D eigenvalue weighted by Crippen LogP contribution is 2.05. The Labute approximate surface area is 69.1 Å². The van der Waals surface area contributed by atoms with Gasteiger partial charge < -0.3 is 0 Å². The second-order valence-electron chi connectivity index (χ2n) is 3.06. The molecule has 9 heteroatoms. The lowest BCUT2D eigenvalue weighted by Gasteiger charge is -2.12. The zero-order valence-corrected chi connectivity index (χ0v) is 5.90. The Morgan fingerprint density at radius 1 is 1.30 bits per heavy atom. The van der Waals surface area contributed by atoms with Crippen LogP contribution in [0.2, 0.25) is 6.22 Å². The molecular formula is CH2B9. The summed E-state index contributed by atoms with van der Waals surface area (Å²) in [6.45, 7) is 0.597. The van der Waals surface area contributed by atoms with Crippen molar-refractivity contribution in [2.75, 3.05) is 0 Å². The van der Waals surface area contributed by atoms with Gasteiger partial charge in [-0.3, -0.25) is 0 Å². The van der Waals surface area contributed by atoms with Crippen LogP contribution in [0.25, 0.3) is 0 Å². The average Bonchev–Trinajstić information content (AvgIpc) is 2.65. The molecule has 2 rings (SSSR count). The van der Waals surface area contributed by atoms with Crippen molar-refractivity contribution in [1.82, 2.24) is 0 Å². The molecule has 0 saturated carbocycles. The summed E-state index contributed by atoms with van der Waals surface area (Å²) in [4.78, 5) is 0. The molecule has 0 unspecified atom stereocenters. The average molecular weight is 111 g/mol. The molecule has 0 atom stereocenters. The first kappa shape index (κ1) is 7.25. The molecule has 0 bridgehead atoms. The molecule has 2 aliphatic heterocycles. The van der Waals surface area contributed by atoms with E-state index in [0.29, 0.717) is 19.3 Å². The van der Waals surface area contributed by atoms with Gasteiger partial charge in [0, 0.05) is 62.4 Å². The Morgan fingerprint density at radius 2 is 2.10 bits per heavy atom. The number of hydrogen-bond donors (Lipinski definition) is 0. The predicted octanol–water partition coefficient (Wildman–Crippen LogP) is -2.97. The van der Waals surface area contributed by atoms with Crippen LogP contribution in [0.1, 0.15) is 0 Å². The second-order valence-corrected chi connectivity index (χ2v) is 3.06. The standard InChI is InChI=1S/CH2B9/c2-9(10-6-7-10)8-1-3-4-5-8/h1H2. The highest BCUT2D eigenvalue weighted by molar-refractivity contribution is 8.08. The van der Waals surface area contributed by atoms with E-state index in [0.717, 1.165) is 6.22 Å². The van der Waals surface area contributed by atoms with Gasteiger partial charge in [0.1, 0.15) is 0 Å². The number of hydrogen-bond acceptors (Lipinski definition) is 0. The third-order valence-corrected chi connectivity index (χ3v) is 2.26. The summed E-state index contributed by atoms with van der Waals surface area (Å²) >= 11 is 0. The van der Waals surface area contributed by atoms with Crippen molar-refractivity contribution < 1.29 is 0 Å². The zero-order chi connectivity index (χ0) is 6.97. The molecule has 33 valence electrons. The molecule has 0 spiro atoms. The molecule has 0 aliphatic carbocycles. The van der Waals surface area contributed by atoms with E-state index in [2.05, 4.69) is 35.4 Å². The van der Waals surface area contributed by atoms with Crippen LogP contribution in [0.4, 0.5) is 0 Å². The van der Waals surface area contributed by atoms with Crippen molar-refractivity contribution in [3.8, 4) is 0 Å². The maximum Gasteiger partial charge on any atom is 0.0434 e. The molecule has 2 heterocycles. The van der Waals surface area contributed by atoms with Gasteiger partial charge in [-0.15, -0.1) is 6.22 Å². The fourth-order valence-corrected chi connectivity index (χ4v) is 1.43. The maximum absolute atomic E-state index is 5.95. The summed E-state index contributed by atoms with van der Waals surface area (Å²) in [6, 6.07) is 0. The smallest absolute Gasteiger partial charge is 0.0434 e. The van der Waals surface area contributed by atoms with E-state index in [1.807, 2.05) is 0 Å². The van der Waals surface area contributed by atoms with Crippen molar-refractivity contribution in [1.29, 1.82) is 0 Å². The minimum atomic E-state index is 0.343. The van der Waals surface area contributed by atoms with E-state index < -0.39 is 0 Å². The van der Waals surface area contributed by atoms with E-state index in [9.17, 15) is 0 Å². The van der Waals surface area contributed by atoms with Gasteiger partial charge in [-0.05, 0) is 0 Å². The molecule has 0 amide bonds. The summed E-state index contributed by atoms with van der Waals surface area (Å²) in [7, 11) is 16.8. The summed E-state index contributed by atoms with van der Waals surface area (Å²) in [5.41, 5.74) is 0. The lowest BCUT2D eigenvalue weighted by atomic mass is 8.74. The Balaban J connectivity index is 1.84. The van der Waals surface area contributed by atoms with Gasteiger partial charge in [-0.25, -0.2) is 0 Å². The molecule has 7 radical (unpaired) electrons. The topological polar surface area (TPSA) is 0 Å². The number of rotatable bonds is 2. The molecular weight excluding hydrogens is 109 g/mol. The Kier molecular flexibility index (Phi) is 2.11. The fraction of sp³-hybridized carbons (Fsp3) is 1.00. The molecule has 10 heavy (non-hydrogen) atoms. The Hall–Kier alpha value is 0.584. The van der Waals surface area contributed by atoms with Crippen molar-refractivity contribution >= 4 is 62.4 Å². The molecule has 2 aliphatic rings. The van der Waals surface area contributed by atoms with Crippen LogP contribution in [-0.2, 0) is 0 Å². The van der Waals surface area contributed by atoms with Crippen molar-refractivity contribution in [2.45, 2.75) is 6.22 Å². The summed E-state index contributed by atoms with van der Waals surface area (Å²) in [5, 5.41) is 0. The van der Waals surface area contributed by atoms with Crippen LogP contribution in [0, 0.1) is 0 Å². The molecule has 0 aromatic carbocycles. The van der Waals surface area contributed by atoms with E-state index in [4.69, 9.17) is 7.74 Å². The summed E-state index contributed by atoms with van der Waals surface area (Å²) in [5.74, 6) is 0. The normalized spacial score (nSPS) is 19.6. The van der Waals surface area contributed by atoms with Gasteiger partial charge in [-0.2, -0.15) is 0 Å². The molecule has 2 saturated heterocycles. The van der Waals surface area contributed by atoms with E-state index in [-0.39, 0.29) is 0 Å². The highest BCUT2D eigenvalue weighted by atomic mass is 13.4. The maximum atomic E-state index is 5.95. The van der Waals surface area contributed by atoms with Gasteiger partial charge in [0.15, 0.2) is 0 Å². The summed E-state index contributed by atoms with van der Waals surface area (Å²) in [6.07, 6.45) is 2.08. The largest absolute Gasteiger partial charge is 0.123 e. The second kappa shape index (κ2) is 2.91. The van der Waals surface area contributed by atoms with Gasteiger partial charge >= 0.3 is 0 Å². The van der Waals surface area contributed by atoms with Crippen molar-refractivity contribution in [3.05, 3.63) is 0 Å². The van der Waals surface area contributed by atoms with Crippen LogP contribution in [0.3, 0.4) is 0 Å². The van der Waals surface area contributed by atoms with E-state index in [1.165, 1.54) is 0 Å². The molecule has 2 fully saturated rings. The van der Waals surface area contributed by atoms with Crippen LogP contribution >= 0.6 is 0 Å². The van der Waals surface area contributed by atoms with Crippen LogP contribution in [0.5, 0.6) is 0 Å². The first-order chi connectivity index (χ1) is 4.88. The quantitative estimate of drug-likeness (QED) is 0.334. The summed E-state index contributed by atoms with van der Waals surface area (Å²) < 4.78 is 0. The van der Waals surface area contributed by atoms with E-state index in [1.54, 1.807) is 0 Å². The minimum Gasteiger partial charge on any atom is -0.123 e. The lowest BCUT2D eigenvalue weighted by Crippen LogP contribution is -2.47. The minimum absolute atomic E-state index is 0.343. The Bertz CT molecular complexity index is 112. The van der Waals surface area contributed by atoms with Crippen molar-refractivity contribution in [3.63, 3.8) is 0 Å². The third-order valence-electron chi connectivity index (χ3n) is 2.26. The van der Waals surface area contributed by atoms with Gasteiger partial charge in [0.05, 0.1) is 0 Å². The molecule has 0 aromatic rings. The molecule has 0 N–H and O–H groups in total. The zero-order valence-electron chi connectivity index (χ0n) is 5.90. The van der Waals surface area contributed by atoms with Gasteiger partial charge in [-0.1, -0.05) is 0 Å². The van der Waals surface area contributed by atoms with Crippen molar-refractivity contribution in [2.24, 2.45) is 0 Å². The van der Waals surface area contributed by atoms with E-state index >= 15 is 0 Å². The van der Waals surface area contributed by atoms with Crippen LogP contribution in [-0.4, -0.2) is 62.4 Å². The third kappa shape index (κ3) is 1.43. The predicted molar refractivity (Wildman–Crippen MR) is 56.6 cm³/mol. The SMILES string of the molecule is [B]B(B1[B][B]1)B1[B][B][B]C1. The molecule has 0 nitrogen and oxygen atoms in total. The van der Waals surface area contributed by atoms with Crippen LogP contribution in [0.15, 0.2) is 0 Å². The first-order valence-corrected chi connectivity index (χ1v) is 3.82. The highest BCUT2D eigenvalue weighted by Gasteiger charge is 2.38. The first-order valence-electron chi connectivity index (χ1n) is 3.82. The fourth-order valence-electron chi connectivity index (χ4n) is 1.43. The Morgan fingerprint density at radius 3 is 2.60 bits per heavy atom. The van der Waals surface area contributed by atoms with Gasteiger partial charge in [0.2, 0.25) is 0 Å². The van der Waals surface area contributed by atoms with Crippen LogP contribution < -0.4 is 0 Å².